The quantitative estimate of drug-likeness (QED) is 0.289. The molecule has 0 bridgehead atoms. The van der Waals surface area contributed by atoms with Crippen LogP contribution in [-0.2, 0) is 4.79 Å². The number of nitrogens with zero attached hydrogens (tertiary/aromatic N) is 1. The van der Waals surface area contributed by atoms with E-state index in [2.05, 4.69) is 10.5 Å². The van der Waals surface area contributed by atoms with Crippen LogP contribution in [-0.4, -0.2) is 35.0 Å². The van der Waals surface area contributed by atoms with E-state index >= 15 is 0 Å². The summed E-state index contributed by atoms with van der Waals surface area (Å²) in [6.07, 6.45) is 5.30. The van der Waals surface area contributed by atoms with Crippen LogP contribution in [0.3, 0.4) is 0 Å². The molecule has 92 valence electrons. The van der Waals surface area contributed by atoms with E-state index < -0.39 is 0 Å². The standard InChI is InChI=1S/C10H19N3O2S/c1-16-6-5-9(14)12-8-4-2-3-7(8)10(11)13-15/h7-8,15H,2-6H2,1H3,(H2,11,13)(H,12,14). The third-order valence-electron chi connectivity index (χ3n) is 2.89. The van der Waals surface area contributed by atoms with Crippen LogP contribution >= 0.6 is 11.8 Å². The summed E-state index contributed by atoms with van der Waals surface area (Å²) in [5, 5.41) is 14.6. The van der Waals surface area contributed by atoms with Crippen LogP contribution in [0.4, 0.5) is 0 Å². The van der Waals surface area contributed by atoms with Gasteiger partial charge in [0, 0.05) is 24.1 Å². The van der Waals surface area contributed by atoms with E-state index in [1.165, 1.54) is 0 Å². The number of nitrogens with one attached hydrogen (secondary N) is 1. The molecule has 1 aliphatic rings. The maximum atomic E-state index is 11.5. The Balaban J connectivity index is 2.43. The van der Waals surface area contributed by atoms with Crippen molar-refractivity contribution in [1.29, 1.82) is 0 Å². The molecule has 1 fully saturated rings. The van der Waals surface area contributed by atoms with E-state index in [1.54, 1.807) is 11.8 Å². The molecule has 0 aliphatic heterocycles. The summed E-state index contributed by atoms with van der Waals surface area (Å²) >= 11 is 1.65. The van der Waals surface area contributed by atoms with Gasteiger partial charge in [-0.3, -0.25) is 4.79 Å². The molecule has 0 aromatic heterocycles. The Labute approximate surface area is 99.8 Å². The van der Waals surface area contributed by atoms with Crippen molar-refractivity contribution in [3.05, 3.63) is 0 Å². The fourth-order valence-electron chi connectivity index (χ4n) is 2.03. The molecular formula is C10H19N3O2S. The van der Waals surface area contributed by atoms with Gasteiger partial charge >= 0.3 is 0 Å². The number of oxime groups is 1. The summed E-state index contributed by atoms with van der Waals surface area (Å²) < 4.78 is 0. The van der Waals surface area contributed by atoms with Crippen LogP contribution in [0.5, 0.6) is 0 Å². The fourth-order valence-corrected chi connectivity index (χ4v) is 2.42. The van der Waals surface area contributed by atoms with Crippen molar-refractivity contribution in [3.63, 3.8) is 0 Å². The fraction of sp³-hybridized carbons (Fsp3) is 0.800. The van der Waals surface area contributed by atoms with Gasteiger partial charge in [-0.05, 0) is 19.1 Å². The third kappa shape index (κ3) is 3.59. The van der Waals surface area contributed by atoms with Gasteiger partial charge < -0.3 is 16.3 Å². The van der Waals surface area contributed by atoms with Gasteiger partial charge in [0.25, 0.3) is 0 Å². The third-order valence-corrected chi connectivity index (χ3v) is 3.50. The molecule has 1 aliphatic carbocycles. The van der Waals surface area contributed by atoms with E-state index in [0.29, 0.717) is 6.42 Å². The average molecular weight is 245 g/mol. The minimum atomic E-state index is -0.0109. The average Bonchev–Trinajstić information content (AvgIpc) is 2.73. The van der Waals surface area contributed by atoms with E-state index in [0.717, 1.165) is 25.0 Å². The first-order valence-electron chi connectivity index (χ1n) is 5.44. The molecule has 2 atom stereocenters. The topological polar surface area (TPSA) is 87.7 Å². The van der Waals surface area contributed by atoms with Crippen molar-refractivity contribution in [3.8, 4) is 0 Å². The normalized spacial score (nSPS) is 25.7. The second kappa shape index (κ2) is 6.62. The first kappa shape index (κ1) is 13.2. The molecule has 1 amide bonds. The molecule has 1 saturated carbocycles. The van der Waals surface area contributed by atoms with Crippen molar-refractivity contribution in [2.24, 2.45) is 16.8 Å². The first-order chi connectivity index (χ1) is 7.69. The highest BCUT2D eigenvalue weighted by Gasteiger charge is 2.31. The van der Waals surface area contributed by atoms with Crippen LogP contribution in [0.2, 0.25) is 0 Å². The predicted octanol–water partition coefficient (Wildman–Crippen LogP) is 0.771. The summed E-state index contributed by atoms with van der Waals surface area (Å²) in [5.41, 5.74) is 5.59. The van der Waals surface area contributed by atoms with Crippen LogP contribution in [0, 0.1) is 5.92 Å². The highest BCUT2D eigenvalue weighted by molar-refractivity contribution is 7.98. The molecule has 2 unspecified atom stereocenters. The number of hydrogen-bond acceptors (Lipinski definition) is 4. The largest absolute Gasteiger partial charge is 0.409 e. The van der Waals surface area contributed by atoms with Crippen molar-refractivity contribution in [2.45, 2.75) is 31.7 Å². The van der Waals surface area contributed by atoms with Gasteiger partial charge in [0.15, 0.2) is 0 Å². The minimum Gasteiger partial charge on any atom is -0.409 e. The molecule has 0 heterocycles. The van der Waals surface area contributed by atoms with Gasteiger partial charge in [0.2, 0.25) is 5.91 Å². The number of nitrogens with two attached hydrogens (primary N) is 1. The number of rotatable bonds is 5. The van der Waals surface area contributed by atoms with Crippen LogP contribution in [0.15, 0.2) is 5.16 Å². The lowest BCUT2D eigenvalue weighted by Gasteiger charge is -2.19. The Morgan fingerprint density at radius 2 is 2.38 bits per heavy atom. The molecule has 0 spiro atoms. The molecule has 6 heteroatoms. The molecule has 4 N–H and O–H groups in total. The van der Waals surface area contributed by atoms with Crippen molar-refractivity contribution in [2.75, 3.05) is 12.0 Å². The zero-order valence-electron chi connectivity index (χ0n) is 9.48. The van der Waals surface area contributed by atoms with Crippen LogP contribution < -0.4 is 11.1 Å². The van der Waals surface area contributed by atoms with Gasteiger partial charge in [0.1, 0.15) is 5.84 Å². The number of carbonyl (C=O) groups excluding carboxylic acids is 1. The molecule has 0 saturated heterocycles. The second-order valence-electron chi connectivity index (χ2n) is 3.98. The van der Waals surface area contributed by atoms with Gasteiger partial charge in [-0.25, -0.2) is 0 Å². The Morgan fingerprint density at radius 3 is 3.00 bits per heavy atom. The smallest absolute Gasteiger partial charge is 0.221 e. The van der Waals surface area contributed by atoms with E-state index in [9.17, 15) is 4.79 Å². The van der Waals surface area contributed by atoms with Crippen LogP contribution in [0.1, 0.15) is 25.7 Å². The Bertz CT molecular complexity index is 271. The number of thioether (sulfide) groups is 1. The lowest BCUT2D eigenvalue weighted by Crippen LogP contribution is -2.42. The first-order valence-corrected chi connectivity index (χ1v) is 6.84. The molecule has 5 nitrogen and oxygen atoms in total. The van der Waals surface area contributed by atoms with Crippen LogP contribution in [0.25, 0.3) is 0 Å². The second-order valence-corrected chi connectivity index (χ2v) is 4.96. The number of hydrogen-bond donors (Lipinski definition) is 3. The molecule has 16 heavy (non-hydrogen) atoms. The molecule has 0 aromatic carbocycles. The highest BCUT2D eigenvalue weighted by atomic mass is 32.2. The van der Waals surface area contributed by atoms with E-state index in [1.807, 2.05) is 6.26 Å². The van der Waals surface area contributed by atoms with Gasteiger partial charge in [-0.2, -0.15) is 11.8 Å². The Morgan fingerprint density at radius 1 is 1.62 bits per heavy atom. The number of carbonyl (C=O) groups is 1. The summed E-state index contributed by atoms with van der Waals surface area (Å²) in [6.45, 7) is 0. The number of amidine groups is 1. The summed E-state index contributed by atoms with van der Waals surface area (Å²) in [5.74, 6) is 1.10. The number of amides is 1. The SMILES string of the molecule is CSCCC(=O)NC1CCCC1C(N)=NO. The minimum absolute atomic E-state index is 0.0109. The summed E-state index contributed by atoms with van der Waals surface area (Å²) in [4.78, 5) is 11.5. The van der Waals surface area contributed by atoms with Gasteiger partial charge in [-0.1, -0.05) is 11.6 Å². The van der Waals surface area contributed by atoms with Gasteiger partial charge in [0.05, 0.1) is 0 Å². The monoisotopic (exact) mass is 245 g/mol. The Kier molecular flexibility index (Phi) is 5.45. The molecule has 0 aromatic rings. The summed E-state index contributed by atoms with van der Waals surface area (Å²) in [7, 11) is 0. The lowest BCUT2D eigenvalue weighted by molar-refractivity contribution is -0.121. The Hall–Kier alpha value is -0.910. The zero-order valence-corrected chi connectivity index (χ0v) is 10.3. The van der Waals surface area contributed by atoms with E-state index in [4.69, 9.17) is 10.9 Å². The van der Waals surface area contributed by atoms with E-state index in [-0.39, 0.29) is 23.7 Å². The maximum absolute atomic E-state index is 11.5. The van der Waals surface area contributed by atoms with Crippen molar-refractivity contribution < 1.29 is 10.0 Å². The molecule has 1 rings (SSSR count). The zero-order chi connectivity index (χ0) is 12.0. The molecular weight excluding hydrogens is 226 g/mol. The highest BCUT2D eigenvalue weighted by Crippen LogP contribution is 2.25. The lowest BCUT2D eigenvalue weighted by atomic mass is 10.0. The molecule has 0 radical (unpaired) electrons. The van der Waals surface area contributed by atoms with Crippen molar-refractivity contribution in [1.82, 2.24) is 5.32 Å². The summed E-state index contributed by atoms with van der Waals surface area (Å²) in [6, 6.07) is 0.0326. The van der Waals surface area contributed by atoms with Gasteiger partial charge in [-0.15, -0.1) is 0 Å². The maximum Gasteiger partial charge on any atom is 0.221 e. The predicted molar refractivity (Wildman–Crippen MR) is 65.7 cm³/mol. The van der Waals surface area contributed by atoms with Crippen molar-refractivity contribution >= 4 is 23.5 Å².